The summed E-state index contributed by atoms with van der Waals surface area (Å²) in [4.78, 5) is 0. The summed E-state index contributed by atoms with van der Waals surface area (Å²) in [6.07, 6.45) is 12.8. The molecule has 62 valence electrons. The Labute approximate surface area is 68.4 Å². The number of ether oxygens (including phenoxy) is 1. The average molecular weight is 152 g/mol. The van der Waals surface area contributed by atoms with Crippen LogP contribution >= 0.6 is 0 Å². The van der Waals surface area contributed by atoms with E-state index in [0.717, 1.165) is 12.3 Å². The molecule has 0 spiro atoms. The third-order valence-electron chi connectivity index (χ3n) is 2.89. The van der Waals surface area contributed by atoms with Gasteiger partial charge in [-0.15, -0.1) is 0 Å². The van der Waals surface area contributed by atoms with Crippen LogP contribution in [0.1, 0.15) is 38.5 Å². The molecule has 1 heterocycles. The van der Waals surface area contributed by atoms with Crippen molar-refractivity contribution in [3.63, 3.8) is 0 Å². The fraction of sp³-hybridized carbons (Fsp3) is 0.800. The maximum absolute atomic E-state index is 5.51. The van der Waals surface area contributed by atoms with Gasteiger partial charge in [0.2, 0.25) is 0 Å². The minimum absolute atomic E-state index is 0.537. The van der Waals surface area contributed by atoms with Crippen molar-refractivity contribution in [3.8, 4) is 0 Å². The molecular formula is C10H16O. The van der Waals surface area contributed by atoms with Crippen molar-refractivity contribution in [2.24, 2.45) is 5.92 Å². The van der Waals surface area contributed by atoms with E-state index in [1.54, 1.807) is 0 Å². The standard InChI is InChI=1S/C10H16O/c1-2-5-9(6-3-1)10-7-4-8-11-10/h4,8-10H,1-3,5-7H2/t10-/m0/s1. The molecule has 0 radical (unpaired) electrons. The molecule has 11 heavy (non-hydrogen) atoms. The first-order chi connectivity index (χ1) is 5.47. The molecule has 0 N–H and O–H groups in total. The van der Waals surface area contributed by atoms with Crippen LogP contribution in [0.3, 0.4) is 0 Å². The van der Waals surface area contributed by atoms with Gasteiger partial charge in [-0.3, -0.25) is 0 Å². The Hall–Kier alpha value is -0.460. The van der Waals surface area contributed by atoms with Crippen LogP contribution in [0.4, 0.5) is 0 Å². The second-order valence-electron chi connectivity index (χ2n) is 3.68. The molecule has 1 nitrogen and oxygen atoms in total. The third kappa shape index (κ3) is 1.58. The summed E-state index contributed by atoms with van der Waals surface area (Å²) in [5, 5.41) is 0. The molecule has 0 unspecified atom stereocenters. The predicted octanol–water partition coefficient (Wildman–Crippen LogP) is 2.87. The highest BCUT2D eigenvalue weighted by Gasteiger charge is 2.25. The lowest BCUT2D eigenvalue weighted by Crippen LogP contribution is -2.21. The smallest absolute Gasteiger partial charge is 0.104 e. The van der Waals surface area contributed by atoms with E-state index in [9.17, 15) is 0 Å². The summed E-state index contributed by atoms with van der Waals surface area (Å²) < 4.78 is 5.51. The van der Waals surface area contributed by atoms with Gasteiger partial charge in [0.25, 0.3) is 0 Å². The van der Waals surface area contributed by atoms with Crippen LogP contribution in [-0.2, 0) is 4.74 Å². The first-order valence-corrected chi connectivity index (χ1v) is 4.77. The largest absolute Gasteiger partial charge is 0.498 e. The van der Waals surface area contributed by atoms with Crippen LogP contribution < -0.4 is 0 Å². The third-order valence-corrected chi connectivity index (χ3v) is 2.89. The van der Waals surface area contributed by atoms with Gasteiger partial charge in [0.15, 0.2) is 0 Å². The van der Waals surface area contributed by atoms with E-state index in [0.29, 0.717) is 6.10 Å². The topological polar surface area (TPSA) is 9.23 Å². The summed E-state index contributed by atoms with van der Waals surface area (Å²) in [5.41, 5.74) is 0. The highest BCUT2D eigenvalue weighted by molar-refractivity contribution is 4.90. The molecule has 2 aliphatic rings. The lowest BCUT2D eigenvalue weighted by Gasteiger charge is -2.26. The highest BCUT2D eigenvalue weighted by Crippen LogP contribution is 2.31. The highest BCUT2D eigenvalue weighted by atomic mass is 16.5. The molecule has 1 saturated carbocycles. The van der Waals surface area contributed by atoms with Gasteiger partial charge >= 0.3 is 0 Å². The number of rotatable bonds is 1. The van der Waals surface area contributed by atoms with Gasteiger partial charge in [-0.2, -0.15) is 0 Å². The molecular weight excluding hydrogens is 136 g/mol. The Kier molecular flexibility index (Phi) is 2.16. The maximum atomic E-state index is 5.51. The van der Waals surface area contributed by atoms with E-state index >= 15 is 0 Å². The predicted molar refractivity (Wildman–Crippen MR) is 45.2 cm³/mol. The zero-order valence-corrected chi connectivity index (χ0v) is 6.96. The maximum Gasteiger partial charge on any atom is 0.104 e. The van der Waals surface area contributed by atoms with E-state index in [2.05, 4.69) is 6.08 Å². The number of hydrogen-bond donors (Lipinski definition) is 0. The molecule has 1 aliphatic heterocycles. The van der Waals surface area contributed by atoms with Crippen molar-refractivity contribution in [2.75, 3.05) is 0 Å². The van der Waals surface area contributed by atoms with Crippen molar-refractivity contribution in [2.45, 2.75) is 44.6 Å². The van der Waals surface area contributed by atoms with Crippen molar-refractivity contribution in [3.05, 3.63) is 12.3 Å². The zero-order valence-electron chi connectivity index (χ0n) is 6.96. The molecule has 0 aromatic rings. The monoisotopic (exact) mass is 152 g/mol. The number of hydrogen-bond acceptors (Lipinski definition) is 1. The summed E-state index contributed by atoms with van der Waals surface area (Å²) >= 11 is 0. The first-order valence-electron chi connectivity index (χ1n) is 4.77. The van der Waals surface area contributed by atoms with Gasteiger partial charge in [-0.05, 0) is 24.8 Å². The molecule has 1 aliphatic carbocycles. The molecule has 1 atom stereocenters. The van der Waals surface area contributed by atoms with Crippen LogP contribution in [0.5, 0.6) is 0 Å². The Balaban J connectivity index is 1.83. The Morgan fingerprint density at radius 3 is 2.55 bits per heavy atom. The minimum Gasteiger partial charge on any atom is -0.498 e. The van der Waals surface area contributed by atoms with E-state index in [4.69, 9.17) is 4.74 Å². The molecule has 0 aromatic heterocycles. The van der Waals surface area contributed by atoms with E-state index < -0.39 is 0 Å². The fourth-order valence-corrected chi connectivity index (χ4v) is 2.21. The zero-order chi connectivity index (χ0) is 7.52. The summed E-state index contributed by atoms with van der Waals surface area (Å²) in [7, 11) is 0. The fourth-order valence-electron chi connectivity index (χ4n) is 2.21. The van der Waals surface area contributed by atoms with Crippen molar-refractivity contribution < 1.29 is 4.74 Å². The second-order valence-corrected chi connectivity index (χ2v) is 3.68. The Bertz CT molecular complexity index is 137. The van der Waals surface area contributed by atoms with E-state index in [1.807, 2.05) is 6.26 Å². The van der Waals surface area contributed by atoms with E-state index in [1.165, 1.54) is 32.1 Å². The van der Waals surface area contributed by atoms with Crippen LogP contribution in [0.25, 0.3) is 0 Å². The molecule has 0 bridgehead atoms. The van der Waals surface area contributed by atoms with Crippen LogP contribution in [0, 0.1) is 5.92 Å². The summed E-state index contributed by atoms with van der Waals surface area (Å²) in [5.74, 6) is 0.860. The Morgan fingerprint density at radius 1 is 1.09 bits per heavy atom. The Morgan fingerprint density at radius 2 is 1.91 bits per heavy atom. The lowest BCUT2D eigenvalue weighted by molar-refractivity contribution is 0.0865. The van der Waals surface area contributed by atoms with Gasteiger partial charge in [0.05, 0.1) is 6.26 Å². The van der Waals surface area contributed by atoms with Gasteiger partial charge in [-0.25, -0.2) is 0 Å². The van der Waals surface area contributed by atoms with Crippen LogP contribution in [-0.4, -0.2) is 6.10 Å². The lowest BCUT2D eigenvalue weighted by atomic mass is 9.84. The van der Waals surface area contributed by atoms with Crippen molar-refractivity contribution in [1.82, 2.24) is 0 Å². The average Bonchev–Trinajstić information content (AvgIpc) is 2.58. The first kappa shape index (κ1) is 7.20. The minimum atomic E-state index is 0.537. The molecule has 0 aromatic carbocycles. The summed E-state index contributed by atoms with van der Waals surface area (Å²) in [6.45, 7) is 0. The quantitative estimate of drug-likeness (QED) is 0.561. The van der Waals surface area contributed by atoms with Gasteiger partial charge in [0, 0.05) is 6.42 Å². The molecule has 0 saturated heterocycles. The van der Waals surface area contributed by atoms with Crippen molar-refractivity contribution >= 4 is 0 Å². The normalized spacial score (nSPS) is 32.2. The van der Waals surface area contributed by atoms with Crippen LogP contribution in [0.15, 0.2) is 12.3 Å². The van der Waals surface area contributed by atoms with Crippen LogP contribution in [0.2, 0.25) is 0 Å². The van der Waals surface area contributed by atoms with Gasteiger partial charge in [0.1, 0.15) is 6.10 Å². The second kappa shape index (κ2) is 3.29. The SMILES string of the molecule is C1=CO[C@H](C2CCCCC2)C1. The summed E-state index contributed by atoms with van der Waals surface area (Å²) in [6, 6.07) is 0. The van der Waals surface area contributed by atoms with Crippen molar-refractivity contribution in [1.29, 1.82) is 0 Å². The van der Waals surface area contributed by atoms with Gasteiger partial charge < -0.3 is 4.74 Å². The van der Waals surface area contributed by atoms with E-state index in [-0.39, 0.29) is 0 Å². The molecule has 0 amide bonds. The molecule has 1 heteroatoms. The molecule has 1 fully saturated rings. The molecule has 2 rings (SSSR count). The van der Waals surface area contributed by atoms with Gasteiger partial charge in [-0.1, -0.05) is 19.3 Å².